The number of esters is 1. The molecule has 0 aliphatic carbocycles. The van der Waals surface area contributed by atoms with Gasteiger partial charge in [-0.2, -0.15) is 0 Å². The zero-order valence-electron chi connectivity index (χ0n) is 12.6. The summed E-state index contributed by atoms with van der Waals surface area (Å²) in [6.45, 7) is 3.03. The van der Waals surface area contributed by atoms with Crippen molar-refractivity contribution in [3.63, 3.8) is 0 Å². The number of hydrogen-bond donors (Lipinski definition) is 0. The molecule has 0 amide bonds. The Morgan fingerprint density at radius 1 is 1.29 bits per heavy atom. The van der Waals surface area contributed by atoms with Gasteiger partial charge in [0.15, 0.2) is 5.15 Å². The molecule has 0 saturated carbocycles. The number of carbonyl (C=O) groups excluding carboxylic acids is 1. The average molecular weight is 312 g/mol. The lowest BCUT2D eigenvalue weighted by molar-refractivity contribution is -0.146. The molecule has 0 aromatic carbocycles. The summed E-state index contributed by atoms with van der Waals surface area (Å²) in [7, 11) is 3.60. The second-order valence-electron chi connectivity index (χ2n) is 6.15. The second kappa shape index (κ2) is 5.97. The number of methoxy groups -OCH3 is 1. The molecule has 0 bridgehead atoms. The molecule has 5 nitrogen and oxygen atoms in total. The third kappa shape index (κ3) is 2.81. The summed E-state index contributed by atoms with van der Waals surface area (Å²) >= 11 is 6.33. The number of likely N-dealkylation sites (tertiary alicyclic amines) is 1. The van der Waals surface area contributed by atoms with E-state index in [4.69, 9.17) is 16.3 Å². The van der Waals surface area contributed by atoms with Crippen LogP contribution in [0.2, 0.25) is 5.15 Å². The van der Waals surface area contributed by atoms with Crippen LogP contribution in [-0.2, 0) is 22.5 Å². The first-order valence-corrected chi connectivity index (χ1v) is 7.99. The second-order valence-corrected chi connectivity index (χ2v) is 6.51. The van der Waals surface area contributed by atoms with Crippen LogP contribution in [0, 0.1) is 5.92 Å². The fourth-order valence-electron chi connectivity index (χ4n) is 3.49. The monoisotopic (exact) mass is 311 g/mol. The van der Waals surface area contributed by atoms with Crippen molar-refractivity contribution in [1.82, 2.24) is 14.5 Å². The van der Waals surface area contributed by atoms with Crippen molar-refractivity contribution in [2.75, 3.05) is 27.2 Å². The van der Waals surface area contributed by atoms with E-state index in [1.807, 2.05) is 0 Å². The van der Waals surface area contributed by atoms with Gasteiger partial charge in [-0.05, 0) is 39.4 Å². The Bertz CT molecular complexity index is 535. The molecule has 3 heterocycles. The number of rotatable bonds is 2. The van der Waals surface area contributed by atoms with Crippen molar-refractivity contribution >= 4 is 17.6 Å². The predicted molar refractivity (Wildman–Crippen MR) is 80.5 cm³/mol. The van der Waals surface area contributed by atoms with Gasteiger partial charge in [0.1, 0.15) is 5.82 Å². The highest BCUT2D eigenvalue weighted by Gasteiger charge is 2.32. The van der Waals surface area contributed by atoms with Crippen LogP contribution in [0.5, 0.6) is 0 Å². The van der Waals surface area contributed by atoms with Gasteiger partial charge < -0.3 is 14.2 Å². The summed E-state index contributed by atoms with van der Waals surface area (Å²) in [4.78, 5) is 18.7. The topological polar surface area (TPSA) is 47.4 Å². The largest absolute Gasteiger partial charge is 0.469 e. The van der Waals surface area contributed by atoms with Gasteiger partial charge in [-0.1, -0.05) is 11.6 Å². The number of aromatic nitrogens is 2. The highest BCUT2D eigenvalue weighted by atomic mass is 35.5. The quantitative estimate of drug-likeness (QED) is 0.785. The zero-order chi connectivity index (χ0) is 15.0. The van der Waals surface area contributed by atoms with Gasteiger partial charge in [-0.25, -0.2) is 4.98 Å². The first-order valence-electron chi connectivity index (χ1n) is 7.61. The third-order valence-corrected chi connectivity index (χ3v) is 5.12. The number of carbonyl (C=O) groups is 1. The SMILES string of the molecule is COC(=O)C1CCn2c(C3CCN(C)CC3)nc(Cl)c2C1. The Kier molecular flexibility index (Phi) is 4.22. The highest BCUT2D eigenvalue weighted by molar-refractivity contribution is 6.30. The fourth-order valence-corrected chi connectivity index (χ4v) is 3.75. The van der Waals surface area contributed by atoms with E-state index in [1.54, 1.807) is 0 Å². The van der Waals surface area contributed by atoms with E-state index >= 15 is 0 Å². The smallest absolute Gasteiger partial charge is 0.309 e. The van der Waals surface area contributed by atoms with E-state index in [9.17, 15) is 4.79 Å². The number of fused-ring (bicyclic) bond motifs is 1. The summed E-state index contributed by atoms with van der Waals surface area (Å²) in [5.41, 5.74) is 1.01. The summed E-state index contributed by atoms with van der Waals surface area (Å²) in [6.07, 6.45) is 3.71. The van der Waals surface area contributed by atoms with Gasteiger partial charge in [0.25, 0.3) is 0 Å². The Labute approximate surface area is 130 Å². The number of halogens is 1. The van der Waals surface area contributed by atoms with E-state index in [0.717, 1.165) is 50.4 Å². The molecule has 0 N–H and O–H groups in total. The molecule has 0 radical (unpaired) electrons. The molecule has 2 aliphatic rings. The van der Waals surface area contributed by atoms with E-state index in [0.29, 0.717) is 17.5 Å². The molecule has 6 heteroatoms. The molecule has 3 rings (SSSR count). The number of imidazole rings is 1. The van der Waals surface area contributed by atoms with Gasteiger partial charge in [0.2, 0.25) is 0 Å². The minimum Gasteiger partial charge on any atom is -0.469 e. The molecular formula is C15H22ClN3O2. The maximum absolute atomic E-state index is 11.7. The highest BCUT2D eigenvalue weighted by Crippen LogP contribution is 2.34. The van der Waals surface area contributed by atoms with Crippen molar-refractivity contribution in [1.29, 1.82) is 0 Å². The standard InChI is InChI=1S/C15H22ClN3O2/c1-18-6-3-10(4-7-18)14-17-13(16)12-9-11(15(20)21-2)5-8-19(12)14/h10-11H,3-9H2,1-2H3. The van der Waals surface area contributed by atoms with Crippen molar-refractivity contribution in [3.8, 4) is 0 Å². The van der Waals surface area contributed by atoms with Crippen molar-refractivity contribution in [2.45, 2.75) is 38.1 Å². The molecule has 1 unspecified atom stereocenters. The van der Waals surface area contributed by atoms with Crippen molar-refractivity contribution < 1.29 is 9.53 Å². The molecule has 1 saturated heterocycles. The minimum atomic E-state index is -0.139. The predicted octanol–water partition coefficient (Wildman–Crippen LogP) is 2.08. The van der Waals surface area contributed by atoms with Crippen LogP contribution >= 0.6 is 11.6 Å². The maximum atomic E-state index is 11.7. The zero-order valence-corrected chi connectivity index (χ0v) is 13.4. The maximum Gasteiger partial charge on any atom is 0.309 e. The number of ether oxygens (including phenoxy) is 1. The van der Waals surface area contributed by atoms with Crippen LogP contribution in [0.3, 0.4) is 0 Å². The summed E-state index contributed by atoms with van der Waals surface area (Å²) in [6, 6.07) is 0. The summed E-state index contributed by atoms with van der Waals surface area (Å²) in [5, 5.41) is 0.567. The molecule has 1 aromatic heterocycles. The summed E-state index contributed by atoms with van der Waals surface area (Å²) in [5.74, 6) is 1.38. The van der Waals surface area contributed by atoms with Crippen LogP contribution < -0.4 is 0 Å². The Balaban J connectivity index is 1.82. The van der Waals surface area contributed by atoms with Crippen LogP contribution in [-0.4, -0.2) is 47.7 Å². The van der Waals surface area contributed by atoms with Crippen LogP contribution in [0.25, 0.3) is 0 Å². The Morgan fingerprint density at radius 3 is 2.67 bits per heavy atom. The number of nitrogens with zero attached hydrogens (tertiary/aromatic N) is 3. The minimum absolute atomic E-state index is 0.0814. The Morgan fingerprint density at radius 2 is 2.00 bits per heavy atom. The molecule has 0 spiro atoms. The lowest BCUT2D eigenvalue weighted by Gasteiger charge is -2.30. The first kappa shape index (κ1) is 14.9. The van der Waals surface area contributed by atoms with E-state index in [-0.39, 0.29) is 11.9 Å². The number of hydrogen-bond acceptors (Lipinski definition) is 4. The third-order valence-electron chi connectivity index (χ3n) is 4.81. The lowest BCUT2D eigenvalue weighted by Crippen LogP contribution is -2.32. The van der Waals surface area contributed by atoms with Gasteiger partial charge in [0.05, 0.1) is 18.7 Å². The molecule has 21 heavy (non-hydrogen) atoms. The normalized spacial score (nSPS) is 23.9. The van der Waals surface area contributed by atoms with Crippen LogP contribution in [0.15, 0.2) is 0 Å². The van der Waals surface area contributed by atoms with Crippen LogP contribution in [0.1, 0.15) is 36.7 Å². The van der Waals surface area contributed by atoms with Crippen LogP contribution in [0.4, 0.5) is 0 Å². The van der Waals surface area contributed by atoms with Gasteiger partial charge in [-0.3, -0.25) is 4.79 Å². The lowest BCUT2D eigenvalue weighted by atomic mass is 9.94. The van der Waals surface area contributed by atoms with Gasteiger partial charge in [-0.15, -0.1) is 0 Å². The number of piperidine rings is 1. The first-order chi connectivity index (χ1) is 10.1. The van der Waals surface area contributed by atoms with Gasteiger partial charge in [0, 0.05) is 18.9 Å². The summed E-state index contributed by atoms with van der Waals surface area (Å²) < 4.78 is 7.11. The molecule has 1 fully saturated rings. The Hall–Kier alpha value is -1.07. The van der Waals surface area contributed by atoms with E-state index in [2.05, 4.69) is 21.5 Å². The van der Waals surface area contributed by atoms with Crippen molar-refractivity contribution in [3.05, 3.63) is 16.7 Å². The fraction of sp³-hybridized carbons (Fsp3) is 0.733. The molecular weight excluding hydrogens is 290 g/mol. The van der Waals surface area contributed by atoms with Gasteiger partial charge >= 0.3 is 5.97 Å². The van der Waals surface area contributed by atoms with E-state index < -0.39 is 0 Å². The van der Waals surface area contributed by atoms with E-state index in [1.165, 1.54) is 7.11 Å². The van der Waals surface area contributed by atoms with Crippen molar-refractivity contribution in [2.24, 2.45) is 5.92 Å². The molecule has 2 aliphatic heterocycles. The molecule has 1 atom stereocenters. The average Bonchev–Trinajstić information content (AvgIpc) is 2.84. The molecule has 1 aromatic rings. The molecule has 116 valence electrons.